The number of morpholine rings is 1. The maximum absolute atomic E-state index is 12.4. The molecule has 8 nitrogen and oxygen atoms in total. The van der Waals surface area contributed by atoms with Gasteiger partial charge in [-0.2, -0.15) is 0 Å². The van der Waals surface area contributed by atoms with Crippen molar-refractivity contribution in [2.45, 2.75) is 11.0 Å². The van der Waals surface area contributed by atoms with E-state index in [4.69, 9.17) is 9.88 Å². The van der Waals surface area contributed by atoms with E-state index >= 15 is 0 Å². The molecule has 1 aromatic rings. The lowest BCUT2D eigenvalue weighted by Crippen LogP contribution is -2.55. The van der Waals surface area contributed by atoms with E-state index in [9.17, 15) is 13.2 Å². The highest BCUT2D eigenvalue weighted by Crippen LogP contribution is 2.19. The predicted octanol–water partition coefficient (Wildman–Crippen LogP) is -1.03. The Labute approximate surface area is 141 Å². The zero-order valence-corrected chi connectivity index (χ0v) is 14.2. The number of anilines is 1. The summed E-state index contributed by atoms with van der Waals surface area (Å²) in [7, 11) is -3.67. The van der Waals surface area contributed by atoms with Crippen molar-refractivity contribution in [3.05, 3.63) is 24.3 Å². The van der Waals surface area contributed by atoms with Gasteiger partial charge in [0.1, 0.15) is 6.10 Å². The Balaban J connectivity index is 1.57. The lowest BCUT2D eigenvalue weighted by molar-refractivity contribution is -0.145. The zero-order valence-electron chi connectivity index (χ0n) is 13.3. The minimum Gasteiger partial charge on any atom is -0.368 e. The van der Waals surface area contributed by atoms with Crippen LogP contribution in [-0.4, -0.2) is 71.2 Å². The number of amides is 1. The molecule has 9 heteroatoms. The minimum absolute atomic E-state index is 0.0337. The number of primary sulfonamides is 1. The normalized spacial score (nSPS) is 22.5. The molecule has 0 aromatic heterocycles. The molecule has 0 saturated carbocycles. The standard InChI is InChI=1S/C15H22N4O4S/c16-24(21,22)13-3-1-12(2-4-13)18-6-8-19(9-7-18)15(20)14-11-17-5-10-23-14/h1-4,14,17H,5-11H2,(H2,16,21,22). The van der Waals surface area contributed by atoms with Crippen LogP contribution in [0.5, 0.6) is 0 Å². The lowest BCUT2D eigenvalue weighted by Gasteiger charge is -2.38. The van der Waals surface area contributed by atoms with Gasteiger partial charge in [-0.1, -0.05) is 0 Å². The summed E-state index contributed by atoms with van der Waals surface area (Å²) < 4.78 is 28.1. The second-order valence-electron chi connectivity index (χ2n) is 5.91. The molecule has 0 aliphatic carbocycles. The largest absolute Gasteiger partial charge is 0.368 e. The molecule has 24 heavy (non-hydrogen) atoms. The summed E-state index contributed by atoms with van der Waals surface area (Å²) >= 11 is 0. The summed E-state index contributed by atoms with van der Waals surface area (Å²) in [4.78, 5) is 16.5. The topological polar surface area (TPSA) is 105 Å². The van der Waals surface area contributed by atoms with Gasteiger partial charge in [0.25, 0.3) is 5.91 Å². The van der Waals surface area contributed by atoms with Gasteiger partial charge in [-0.3, -0.25) is 4.79 Å². The Bertz CT molecular complexity index is 678. The first kappa shape index (κ1) is 17.2. The van der Waals surface area contributed by atoms with E-state index in [1.807, 2.05) is 4.90 Å². The fourth-order valence-electron chi connectivity index (χ4n) is 2.96. The molecule has 1 atom stereocenters. The van der Waals surface area contributed by atoms with E-state index in [0.717, 1.165) is 12.2 Å². The second kappa shape index (κ2) is 7.06. The molecule has 2 heterocycles. The van der Waals surface area contributed by atoms with Gasteiger partial charge in [-0.05, 0) is 24.3 Å². The number of sulfonamides is 1. The summed E-state index contributed by atoms with van der Waals surface area (Å²) in [5.41, 5.74) is 0.921. The van der Waals surface area contributed by atoms with E-state index in [1.165, 1.54) is 12.1 Å². The van der Waals surface area contributed by atoms with Gasteiger partial charge >= 0.3 is 0 Å². The fraction of sp³-hybridized carbons (Fsp3) is 0.533. The van der Waals surface area contributed by atoms with Crippen LogP contribution in [0.4, 0.5) is 5.69 Å². The highest BCUT2D eigenvalue weighted by Gasteiger charge is 2.29. The third-order valence-electron chi connectivity index (χ3n) is 4.32. The molecule has 132 valence electrons. The molecule has 2 aliphatic rings. The summed E-state index contributed by atoms with van der Waals surface area (Å²) in [5, 5.41) is 8.27. The SMILES string of the molecule is NS(=O)(=O)c1ccc(N2CCN(C(=O)C3CNCCO3)CC2)cc1. The number of hydrogen-bond donors (Lipinski definition) is 2. The lowest BCUT2D eigenvalue weighted by atomic mass is 10.2. The fourth-order valence-corrected chi connectivity index (χ4v) is 3.47. The number of benzene rings is 1. The van der Waals surface area contributed by atoms with Gasteiger partial charge in [0.2, 0.25) is 10.0 Å². The van der Waals surface area contributed by atoms with Crippen molar-refractivity contribution in [3.8, 4) is 0 Å². The monoisotopic (exact) mass is 354 g/mol. The number of rotatable bonds is 3. The summed E-state index contributed by atoms with van der Waals surface area (Å²) in [6.07, 6.45) is -0.389. The van der Waals surface area contributed by atoms with Crippen LogP contribution >= 0.6 is 0 Å². The molecule has 3 rings (SSSR count). The average Bonchev–Trinajstić information content (AvgIpc) is 2.61. The van der Waals surface area contributed by atoms with Crippen LogP contribution in [0.1, 0.15) is 0 Å². The molecule has 0 spiro atoms. The van der Waals surface area contributed by atoms with Crippen LogP contribution in [0.15, 0.2) is 29.2 Å². The van der Waals surface area contributed by atoms with Crippen LogP contribution in [0.3, 0.4) is 0 Å². The van der Waals surface area contributed by atoms with Gasteiger partial charge < -0.3 is 19.9 Å². The number of nitrogens with zero attached hydrogens (tertiary/aromatic N) is 2. The molecular weight excluding hydrogens is 332 g/mol. The highest BCUT2D eigenvalue weighted by atomic mass is 32.2. The van der Waals surface area contributed by atoms with E-state index in [0.29, 0.717) is 39.3 Å². The van der Waals surface area contributed by atoms with Crippen LogP contribution in [-0.2, 0) is 19.6 Å². The third-order valence-corrected chi connectivity index (χ3v) is 5.25. The number of nitrogens with one attached hydrogen (secondary N) is 1. The number of hydrogen-bond acceptors (Lipinski definition) is 6. The first-order valence-electron chi connectivity index (χ1n) is 7.94. The van der Waals surface area contributed by atoms with Gasteiger partial charge in [-0.25, -0.2) is 13.6 Å². The molecule has 3 N–H and O–H groups in total. The molecule has 1 amide bonds. The molecule has 2 aliphatic heterocycles. The predicted molar refractivity (Wildman–Crippen MR) is 89.2 cm³/mol. The molecule has 2 fully saturated rings. The Morgan fingerprint density at radius 1 is 1.17 bits per heavy atom. The Hall–Kier alpha value is -1.68. The van der Waals surface area contributed by atoms with E-state index in [2.05, 4.69) is 10.2 Å². The highest BCUT2D eigenvalue weighted by molar-refractivity contribution is 7.89. The van der Waals surface area contributed by atoms with Crippen molar-refractivity contribution in [2.24, 2.45) is 5.14 Å². The summed E-state index contributed by atoms with van der Waals surface area (Å²) in [6, 6.07) is 6.49. The van der Waals surface area contributed by atoms with Gasteiger partial charge in [0, 0.05) is 45.0 Å². The van der Waals surface area contributed by atoms with Crippen LogP contribution in [0, 0.1) is 0 Å². The number of piperazine rings is 1. The molecule has 0 radical (unpaired) electrons. The molecular formula is C15H22N4O4S. The number of nitrogens with two attached hydrogens (primary N) is 1. The van der Waals surface area contributed by atoms with E-state index in [1.54, 1.807) is 12.1 Å². The summed E-state index contributed by atoms with van der Waals surface area (Å²) in [6.45, 7) is 4.54. The zero-order chi connectivity index (χ0) is 17.2. The van der Waals surface area contributed by atoms with Gasteiger partial charge in [0.15, 0.2) is 0 Å². The van der Waals surface area contributed by atoms with E-state index in [-0.39, 0.29) is 16.9 Å². The number of carbonyl (C=O) groups excluding carboxylic acids is 1. The van der Waals surface area contributed by atoms with Crippen molar-refractivity contribution in [1.29, 1.82) is 0 Å². The van der Waals surface area contributed by atoms with Crippen molar-refractivity contribution >= 4 is 21.6 Å². The first-order chi connectivity index (χ1) is 11.4. The molecule has 2 saturated heterocycles. The van der Waals surface area contributed by atoms with Crippen molar-refractivity contribution in [2.75, 3.05) is 50.8 Å². The minimum atomic E-state index is -3.67. The first-order valence-corrected chi connectivity index (χ1v) is 9.49. The Morgan fingerprint density at radius 3 is 2.38 bits per heavy atom. The van der Waals surface area contributed by atoms with Crippen LogP contribution in [0.2, 0.25) is 0 Å². The molecule has 0 bridgehead atoms. The molecule has 1 aromatic carbocycles. The van der Waals surface area contributed by atoms with E-state index < -0.39 is 10.0 Å². The van der Waals surface area contributed by atoms with Crippen LogP contribution in [0.25, 0.3) is 0 Å². The number of ether oxygens (including phenoxy) is 1. The van der Waals surface area contributed by atoms with Gasteiger partial charge in [-0.15, -0.1) is 0 Å². The van der Waals surface area contributed by atoms with Crippen molar-refractivity contribution in [3.63, 3.8) is 0 Å². The van der Waals surface area contributed by atoms with Crippen molar-refractivity contribution < 1.29 is 17.9 Å². The smallest absolute Gasteiger partial charge is 0.253 e. The van der Waals surface area contributed by atoms with Gasteiger partial charge in [0.05, 0.1) is 11.5 Å². The third kappa shape index (κ3) is 3.86. The maximum Gasteiger partial charge on any atom is 0.253 e. The van der Waals surface area contributed by atoms with Crippen LogP contribution < -0.4 is 15.4 Å². The Kier molecular flexibility index (Phi) is 5.04. The quantitative estimate of drug-likeness (QED) is 0.719. The molecule has 1 unspecified atom stereocenters. The average molecular weight is 354 g/mol. The number of carbonyl (C=O) groups is 1. The summed E-state index contributed by atoms with van der Waals surface area (Å²) in [5.74, 6) is 0.0337. The second-order valence-corrected chi connectivity index (χ2v) is 7.48. The Morgan fingerprint density at radius 2 is 1.83 bits per heavy atom. The van der Waals surface area contributed by atoms with Crippen molar-refractivity contribution in [1.82, 2.24) is 10.2 Å². The maximum atomic E-state index is 12.4.